The van der Waals surface area contributed by atoms with Crippen LogP contribution in [0, 0.1) is 0 Å². The Labute approximate surface area is 116 Å². The lowest BCUT2D eigenvalue weighted by atomic mass is 9.94. The SMILES string of the molecule is O=C(O)C1=C(C(=O)O)c2c(C(=O)O)ccc(C(=O)O)c2C1. The molecule has 0 atom stereocenters. The number of carboxylic acids is 4. The Bertz CT molecular complexity index is 741. The molecule has 2 rings (SSSR count). The summed E-state index contributed by atoms with van der Waals surface area (Å²) in [6.07, 6.45) is -0.449. The van der Waals surface area contributed by atoms with Gasteiger partial charge in [0.05, 0.1) is 22.3 Å². The molecule has 0 spiro atoms. The van der Waals surface area contributed by atoms with Gasteiger partial charge >= 0.3 is 23.9 Å². The van der Waals surface area contributed by atoms with Crippen LogP contribution >= 0.6 is 0 Å². The summed E-state index contributed by atoms with van der Waals surface area (Å²) >= 11 is 0. The van der Waals surface area contributed by atoms with Crippen molar-refractivity contribution >= 4 is 29.5 Å². The maximum absolute atomic E-state index is 11.3. The first-order valence-electron chi connectivity index (χ1n) is 5.58. The zero-order valence-corrected chi connectivity index (χ0v) is 10.3. The van der Waals surface area contributed by atoms with E-state index in [1.807, 2.05) is 0 Å². The molecule has 1 aliphatic rings. The molecule has 0 saturated carbocycles. The van der Waals surface area contributed by atoms with E-state index in [4.69, 9.17) is 20.4 Å². The summed E-state index contributed by atoms with van der Waals surface area (Å²) < 4.78 is 0. The Morgan fingerprint density at radius 1 is 0.762 bits per heavy atom. The number of rotatable bonds is 4. The molecule has 1 aliphatic carbocycles. The van der Waals surface area contributed by atoms with Crippen molar-refractivity contribution in [3.63, 3.8) is 0 Å². The van der Waals surface area contributed by atoms with E-state index in [1.165, 1.54) is 0 Å². The normalized spacial score (nSPS) is 13.0. The van der Waals surface area contributed by atoms with Crippen LogP contribution in [0.2, 0.25) is 0 Å². The first-order valence-corrected chi connectivity index (χ1v) is 5.58. The van der Waals surface area contributed by atoms with E-state index in [0.717, 1.165) is 12.1 Å². The predicted molar refractivity (Wildman–Crippen MR) is 66.3 cm³/mol. The minimum absolute atomic E-state index is 0.114. The van der Waals surface area contributed by atoms with Crippen molar-refractivity contribution in [3.05, 3.63) is 40.0 Å². The second-order valence-electron chi connectivity index (χ2n) is 4.27. The highest BCUT2D eigenvalue weighted by Crippen LogP contribution is 2.38. The molecule has 0 amide bonds. The number of aromatic carboxylic acids is 2. The first-order chi connectivity index (χ1) is 9.75. The Kier molecular flexibility index (Phi) is 3.22. The zero-order valence-electron chi connectivity index (χ0n) is 10.3. The van der Waals surface area contributed by atoms with Gasteiger partial charge in [-0.1, -0.05) is 0 Å². The highest BCUT2D eigenvalue weighted by atomic mass is 16.4. The van der Waals surface area contributed by atoms with E-state index in [2.05, 4.69) is 0 Å². The van der Waals surface area contributed by atoms with E-state index >= 15 is 0 Å². The van der Waals surface area contributed by atoms with Crippen molar-refractivity contribution in [1.29, 1.82) is 0 Å². The van der Waals surface area contributed by atoms with Crippen LogP contribution in [-0.2, 0) is 16.0 Å². The van der Waals surface area contributed by atoms with Gasteiger partial charge in [0.2, 0.25) is 0 Å². The molecule has 0 unspecified atom stereocenters. The van der Waals surface area contributed by atoms with Crippen LogP contribution in [-0.4, -0.2) is 44.3 Å². The molecule has 1 aromatic rings. The van der Waals surface area contributed by atoms with Gasteiger partial charge < -0.3 is 20.4 Å². The average Bonchev–Trinajstić information content (AvgIpc) is 2.77. The molecule has 0 aliphatic heterocycles. The Hall–Kier alpha value is -3.16. The molecule has 4 N–H and O–H groups in total. The molecular formula is C13H8O8. The maximum atomic E-state index is 11.3. The third-order valence-electron chi connectivity index (χ3n) is 3.15. The summed E-state index contributed by atoms with van der Waals surface area (Å²) in [7, 11) is 0. The first kappa shape index (κ1) is 14.3. The molecular weight excluding hydrogens is 284 g/mol. The molecule has 0 aromatic heterocycles. The van der Waals surface area contributed by atoms with E-state index in [9.17, 15) is 19.2 Å². The van der Waals surface area contributed by atoms with Crippen LogP contribution in [0.4, 0.5) is 0 Å². The highest BCUT2D eigenvalue weighted by Gasteiger charge is 2.36. The van der Waals surface area contributed by atoms with Gasteiger partial charge in [0.1, 0.15) is 0 Å². The van der Waals surface area contributed by atoms with Gasteiger partial charge in [-0.3, -0.25) is 0 Å². The van der Waals surface area contributed by atoms with Crippen molar-refractivity contribution < 1.29 is 39.6 Å². The van der Waals surface area contributed by atoms with Crippen LogP contribution in [0.15, 0.2) is 17.7 Å². The second-order valence-corrected chi connectivity index (χ2v) is 4.27. The summed E-state index contributed by atoms with van der Waals surface area (Å²) in [5.74, 6) is -6.00. The number of carboxylic acid groups (broad SMARTS) is 4. The molecule has 0 heterocycles. The van der Waals surface area contributed by atoms with Gasteiger partial charge in [0.25, 0.3) is 0 Å². The predicted octanol–water partition coefficient (Wildman–Crippen LogP) is 0.562. The summed E-state index contributed by atoms with van der Waals surface area (Å²) in [4.78, 5) is 44.7. The van der Waals surface area contributed by atoms with Gasteiger partial charge in [-0.25, -0.2) is 19.2 Å². The Morgan fingerprint density at radius 2 is 1.29 bits per heavy atom. The second kappa shape index (κ2) is 4.75. The molecule has 0 fully saturated rings. The quantitative estimate of drug-likeness (QED) is 0.628. The maximum Gasteiger partial charge on any atom is 0.336 e. The number of hydrogen-bond acceptors (Lipinski definition) is 4. The highest BCUT2D eigenvalue weighted by molar-refractivity contribution is 6.26. The minimum atomic E-state index is -1.61. The minimum Gasteiger partial charge on any atom is -0.478 e. The molecule has 1 aromatic carbocycles. The Balaban J connectivity index is 2.87. The molecule has 108 valence electrons. The molecule has 0 saturated heterocycles. The van der Waals surface area contributed by atoms with E-state index in [-0.39, 0.29) is 16.7 Å². The molecule has 0 bridgehead atoms. The van der Waals surface area contributed by atoms with Crippen molar-refractivity contribution in [2.75, 3.05) is 0 Å². The van der Waals surface area contributed by atoms with Crippen LogP contribution in [0.3, 0.4) is 0 Å². The van der Waals surface area contributed by atoms with Gasteiger partial charge in [-0.15, -0.1) is 0 Å². The van der Waals surface area contributed by atoms with Crippen molar-refractivity contribution in [3.8, 4) is 0 Å². The van der Waals surface area contributed by atoms with Crippen LogP contribution < -0.4 is 0 Å². The fourth-order valence-electron chi connectivity index (χ4n) is 2.33. The fraction of sp³-hybridized carbons (Fsp3) is 0.0769. The van der Waals surface area contributed by atoms with E-state index in [1.54, 1.807) is 0 Å². The summed E-state index contributed by atoms with van der Waals surface area (Å²) in [5.41, 5.74) is -2.44. The van der Waals surface area contributed by atoms with Gasteiger partial charge in [0, 0.05) is 12.0 Å². The molecule has 8 nitrogen and oxygen atoms in total. The monoisotopic (exact) mass is 292 g/mol. The topological polar surface area (TPSA) is 149 Å². The lowest BCUT2D eigenvalue weighted by molar-refractivity contribution is -0.134. The van der Waals surface area contributed by atoms with E-state index < -0.39 is 47.0 Å². The third-order valence-corrected chi connectivity index (χ3v) is 3.15. The number of hydrogen-bond donors (Lipinski definition) is 4. The molecule has 8 heteroatoms. The largest absolute Gasteiger partial charge is 0.478 e. The standard InChI is InChI=1S/C13H8O8/c14-10(15)4-1-2-5(11(16)17)8-6(4)3-7(12(18)19)9(8)13(20)21/h1-2H,3H2,(H,14,15)(H,16,17)(H,18,19)(H,20,21). The lowest BCUT2D eigenvalue weighted by Crippen LogP contribution is -2.11. The number of carbonyl (C=O) groups is 4. The zero-order chi connectivity index (χ0) is 15.9. The van der Waals surface area contributed by atoms with Crippen molar-refractivity contribution in [2.24, 2.45) is 0 Å². The fourth-order valence-corrected chi connectivity index (χ4v) is 2.33. The van der Waals surface area contributed by atoms with E-state index in [0.29, 0.717) is 0 Å². The Morgan fingerprint density at radius 3 is 1.71 bits per heavy atom. The van der Waals surface area contributed by atoms with Gasteiger partial charge in [0.15, 0.2) is 0 Å². The smallest absolute Gasteiger partial charge is 0.336 e. The lowest BCUT2D eigenvalue weighted by Gasteiger charge is -2.09. The van der Waals surface area contributed by atoms with Crippen molar-refractivity contribution in [1.82, 2.24) is 0 Å². The number of fused-ring (bicyclic) bond motifs is 1. The summed E-state index contributed by atoms with van der Waals surface area (Å²) in [5, 5.41) is 36.4. The number of aliphatic carboxylic acids is 2. The molecule has 0 radical (unpaired) electrons. The van der Waals surface area contributed by atoms with Gasteiger partial charge in [-0.05, 0) is 17.7 Å². The average molecular weight is 292 g/mol. The summed E-state index contributed by atoms with van der Waals surface area (Å²) in [6.45, 7) is 0. The summed E-state index contributed by atoms with van der Waals surface area (Å²) in [6, 6.07) is 1.98. The van der Waals surface area contributed by atoms with Gasteiger partial charge in [-0.2, -0.15) is 0 Å². The molecule has 21 heavy (non-hydrogen) atoms. The third kappa shape index (κ3) is 2.12. The van der Waals surface area contributed by atoms with Crippen LogP contribution in [0.25, 0.3) is 5.57 Å². The van der Waals surface area contributed by atoms with Crippen molar-refractivity contribution in [2.45, 2.75) is 6.42 Å². The van der Waals surface area contributed by atoms with Crippen LogP contribution in [0.5, 0.6) is 0 Å². The van der Waals surface area contributed by atoms with Crippen LogP contribution in [0.1, 0.15) is 31.8 Å². The number of benzene rings is 1.